The first-order valence-electron chi connectivity index (χ1n) is 14.0. The van der Waals surface area contributed by atoms with Crippen LogP contribution in [0.25, 0.3) is 0 Å². The zero-order valence-corrected chi connectivity index (χ0v) is 25.8. The second-order valence-corrected chi connectivity index (χ2v) is 11.8. The predicted octanol–water partition coefficient (Wildman–Crippen LogP) is 9.81. The van der Waals surface area contributed by atoms with Crippen LogP contribution >= 0.6 is 46.4 Å². The number of anilines is 3. The highest BCUT2D eigenvalue weighted by Gasteiger charge is 2.50. The molecular weight excluding hydrogens is 594 g/mol. The first-order valence-corrected chi connectivity index (χ1v) is 15.5. The fourth-order valence-corrected chi connectivity index (χ4v) is 5.86. The van der Waals surface area contributed by atoms with Crippen molar-refractivity contribution in [2.45, 2.75) is 96.6 Å². The summed E-state index contributed by atoms with van der Waals surface area (Å²) in [6.07, 6.45) is 12.8. The molecule has 0 aromatic heterocycles. The average molecular weight is 631 g/mol. The summed E-state index contributed by atoms with van der Waals surface area (Å²) in [6.45, 7) is 2.24. The molecule has 2 aromatic rings. The van der Waals surface area contributed by atoms with Crippen molar-refractivity contribution in [3.05, 3.63) is 55.3 Å². The molecule has 1 aliphatic heterocycles. The van der Waals surface area contributed by atoms with Crippen LogP contribution < -0.4 is 15.6 Å². The molecule has 0 aliphatic carbocycles. The third-order valence-electron chi connectivity index (χ3n) is 6.84. The van der Waals surface area contributed by atoms with E-state index in [0.717, 1.165) is 24.3 Å². The Morgan fingerprint density at radius 2 is 1.45 bits per heavy atom. The average Bonchev–Trinajstić information content (AvgIpc) is 3.16. The smallest absolute Gasteiger partial charge is 0.316 e. The molecule has 0 spiro atoms. The van der Waals surface area contributed by atoms with Crippen molar-refractivity contribution >= 4 is 75.3 Å². The topological polar surface area (TPSA) is 81.5 Å². The van der Waals surface area contributed by atoms with Crippen molar-refractivity contribution < 1.29 is 14.5 Å². The van der Waals surface area contributed by atoms with Crippen LogP contribution in [0.2, 0.25) is 20.1 Å². The number of benzene rings is 2. The van der Waals surface area contributed by atoms with Crippen molar-refractivity contribution in [1.29, 1.82) is 0 Å². The van der Waals surface area contributed by atoms with Crippen molar-refractivity contribution in [2.24, 2.45) is 0 Å². The molecule has 1 fully saturated rings. The van der Waals surface area contributed by atoms with Gasteiger partial charge in [0.15, 0.2) is 10.6 Å². The molecule has 2 amide bonds. The van der Waals surface area contributed by atoms with Crippen LogP contribution in [0.15, 0.2) is 30.3 Å². The number of hydrogen-bond acceptors (Lipinski definition) is 4. The zero-order chi connectivity index (χ0) is 29.1. The molecule has 40 heavy (non-hydrogen) atoms. The Morgan fingerprint density at radius 3 is 2.05 bits per heavy atom. The van der Waals surface area contributed by atoms with Gasteiger partial charge in [-0.3, -0.25) is 9.59 Å². The standard InChI is InChI=1S/C29H36Cl4N4O3/c1-2-3-4-5-6-7-8-9-10-11-12-13-27(38)34-21-14-15-22(31)25(18-21)35-26-19-28(39)36(37(26)40)29-23(32)16-20(30)17-24(29)33/h14-18,26,35H,2-13,19H2,1H3/p+1. The highest BCUT2D eigenvalue weighted by atomic mass is 35.5. The molecule has 218 valence electrons. The summed E-state index contributed by atoms with van der Waals surface area (Å²) >= 11 is 24.8. The molecule has 3 rings (SSSR count). The van der Waals surface area contributed by atoms with Crippen molar-refractivity contribution in [2.75, 3.05) is 15.6 Å². The first kappa shape index (κ1) is 32.5. The van der Waals surface area contributed by atoms with E-state index in [-0.39, 0.29) is 33.1 Å². The Hall–Kier alpha value is -2.06. The van der Waals surface area contributed by atoms with Crippen molar-refractivity contribution in [3.63, 3.8) is 0 Å². The Balaban J connectivity index is 1.46. The SMILES string of the molecule is CCCCCCCCCCCCCC(=O)Nc1ccc(Cl)c(NC2CC(=O)N(c3c(Cl)cc(Cl)cc3Cl)[N+]2=O)c1. The quantitative estimate of drug-likeness (QED) is 0.143. The maximum atomic E-state index is 13.1. The summed E-state index contributed by atoms with van der Waals surface area (Å²) in [5, 5.41) is 7.55. The summed E-state index contributed by atoms with van der Waals surface area (Å²) < 4.78 is 0. The zero-order valence-electron chi connectivity index (χ0n) is 22.8. The number of halogens is 4. The minimum Gasteiger partial charge on any atom is -0.326 e. The van der Waals surface area contributed by atoms with Crippen LogP contribution in [0.1, 0.15) is 90.4 Å². The van der Waals surface area contributed by atoms with Gasteiger partial charge in [0.2, 0.25) is 5.91 Å². The minimum absolute atomic E-state index is 0.0616. The molecule has 11 heteroatoms. The molecule has 1 unspecified atom stereocenters. The molecule has 0 radical (unpaired) electrons. The monoisotopic (exact) mass is 629 g/mol. The molecule has 0 saturated carbocycles. The van der Waals surface area contributed by atoms with Crippen LogP contribution in [-0.4, -0.2) is 22.8 Å². The van der Waals surface area contributed by atoms with E-state index < -0.39 is 12.1 Å². The van der Waals surface area contributed by atoms with Gasteiger partial charge in [0, 0.05) is 17.1 Å². The fourth-order valence-electron chi connectivity index (χ4n) is 4.71. The van der Waals surface area contributed by atoms with Crippen LogP contribution in [0.3, 0.4) is 0 Å². The van der Waals surface area contributed by atoms with E-state index in [1.54, 1.807) is 18.2 Å². The number of nitrogens with one attached hydrogen (secondary N) is 2. The summed E-state index contributed by atoms with van der Waals surface area (Å²) in [4.78, 5) is 38.7. The number of unbranched alkanes of at least 4 members (excludes halogenated alkanes) is 10. The third-order valence-corrected chi connectivity index (χ3v) is 7.97. The van der Waals surface area contributed by atoms with Gasteiger partial charge in [0.05, 0.1) is 25.7 Å². The minimum atomic E-state index is -0.963. The Morgan fingerprint density at radius 1 is 0.875 bits per heavy atom. The van der Waals surface area contributed by atoms with Crippen LogP contribution in [-0.2, 0) is 9.59 Å². The third kappa shape index (κ3) is 9.51. The van der Waals surface area contributed by atoms with Crippen LogP contribution in [0, 0.1) is 4.91 Å². The van der Waals surface area contributed by atoms with Crippen molar-refractivity contribution in [1.82, 2.24) is 0 Å². The number of carbonyl (C=O) groups excluding carboxylic acids is 2. The number of carbonyl (C=O) groups is 2. The number of nitroso groups, excluding NO2 is 1. The molecule has 7 nitrogen and oxygen atoms in total. The van der Waals surface area contributed by atoms with Crippen LogP contribution in [0.5, 0.6) is 0 Å². The summed E-state index contributed by atoms with van der Waals surface area (Å²) in [7, 11) is 0. The summed E-state index contributed by atoms with van der Waals surface area (Å²) in [5.41, 5.74) is 1.01. The first-order chi connectivity index (χ1) is 19.2. The van der Waals surface area contributed by atoms with E-state index in [2.05, 4.69) is 17.6 Å². The summed E-state index contributed by atoms with van der Waals surface area (Å²) in [6, 6.07) is 7.78. The lowest BCUT2D eigenvalue weighted by Gasteiger charge is -2.13. The fraction of sp³-hybridized carbons (Fsp3) is 0.517. The Bertz CT molecular complexity index is 1170. The highest BCUT2D eigenvalue weighted by Crippen LogP contribution is 2.39. The van der Waals surface area contributed by atoms with E-state index >= 15 is 0 Å². The van der Waals surface area contributed by atoms with Crippen LogP contribution in [0.4, 0.5) is 17.1 Å². The number of hydrazine groups is 1. The van der Waals surface area contributed by atoms with E-state index in [0.29, 0.717) is 27.7 Å². The second-order valence-electron chi connectivity index (χ2n) is 10.1. The van der Waals surface area contributed by atoms with Gasteiger partial charge in [-0.05, 0) is 41.8 Å². The normalized spacial score (nSPS) is 15.1. The maximum absolute atomic E-state index is 13.1. The van der Waals surface area contributed by atoms with E-state index in [1.807, 2.05) is 0 Å². The lowest BCUT2D eigenvalue weighted by molar-refractivity contribution is -0.567. The molecule has 2 N–H and O–H groups in total. The lowest BCUT2D eigenvalue weighted by Crippen LogP contribution is -2.36. The Labute approximate surface area is 256 Å². The molecule has 1 saturated heterocycles. The van der Waals surface area contributed by atoms with Gasteiger partial charge >= 0.3 is 6.17 Å². The second kappa shape index (κ2) is 16.4. The number of amides is 2. The molecular formula is C29H37Cl4N4O3+. The molecule has 1 heterocycles. The van der Waals surface area contributed by atoms with E-state index in [9.17, 15) is 14.5 Å². The van der Waals surface area contributed by atoms with Gasteiger partial charge in [-0.1, -0.05) is 118 Å². The maximum Gasteiger partial charge on any atom is 0.316 e. The van der Waals surface area contributed by atoms with E-state index in [4.69, 9.17) is 46.4 Å². The van der Waals surface area contributed by atoms with E-state index in [1.165, 1.54) is 63.5 Å². The molecule has 1 atom stereocenters. The van der Waals surface area contributed by atoms with Gasteiger partial charge in [-0.2, -0.15) is 0 Å². The summed E-state index contributed by atoms with van der Waals surface area (Å²) in [5.74, 6) is -0.574. The van der Waals surface area contributed by atoms with Gasteiger partial charge in [-0.25, -0.2) is 0 Å². The molecule has 2 aromatic carbocycles. The van der Waals surface area contributed by atoms with Gasteiger partial charge < -0.3 is 10.6 Å². The number of rotatable bonds is 16. The lowest BCUT2D eigenvalue weighted by atomic mass is 10.1. The largest absolute Gasteiger partial charge is 0.326 e. The van der Waals surface area contributed by atoms with Gasteiger partial charge in [0.25, 0.3) is 5.91 Å². The highest BCUT2D eigenvalue weighted by molar-refractivity contribution is 6.42. The molecule has 0 bridgehead atoms. The van der Waals surface area contributed by atoms with Crippen molar-refractivity contribution in [3.8, 4) is 0 Å². The predicted molar refractivity (Wildman–Crippen MR) is 166 cm³/mol. The Kier molecular flexibility index (Phi) is 13.3. The number of nitrogens with zero attached hydrogens (tertiary/aromatic N) is 2. The van der Waals surface area contributed by atoms with Gasteiger partial charge in [0.1, 0.15) is 6.42 Å². The molecule has 1 aliphatic rings. The number of hydrogen-bond donors (Lipinski definition) is 2. The van der Waals surface area contributed by atoms with Gasteiger partial charge in [-0.15, -0.1) is 0 Å².